The van der Waals surface area contributed by atoms with Crippen molar-refractivity contribution in [2.24, 2.45) is 10.7 Å². The summed E-state index contributed by atoms with van der Waals surface area (Å²) in [6, 6.07) is 5.10. The van der Waals surface area contributed by atoms with Crippen LogP contribution in [0.2, 0.25) is 0 Å². The molecule has 3 N–H and O–H groups in total. The van der Waals surface area contributed by atoms with Crippen LogP contribution in [0.15, 0.2) is 29.3 Å². The van der Waals surface area contributed by atoms with Crippen molar-refractivity contribution in [3.63, 3.8) is 0 Å². The van der Waals surface area contributed by atoms with Gasteiger partial charge >= 0.3 is 6.36 Å². The second-order valence-corrected chi connectivity index (χ2v) is 7.76. The Balaban J connectivity index is 0.00000338. The highest BCUT2D eigenvalue weighted by Crippen LogP contribution is 2.23. The zero-order valence-corrected chi connectivity index (χ0v) is 16.8. The summed E-state index contributed by atoms with van der Waals surface area (Å²) < 4.78 is 62.6. The normalized spacial score (nSPS) is 18.0. The number of hydrogen-bond acceptors (Lipinski definition) is 5. The van der Waals surface area contributed by atoms with E-state index >= 15 is 0 Å². The van der Waals surface area contributed by atoms with E-state index in [1.54, 1.807) is 0 Å². The first-order valence-electron chi connectivity index (χ1n) is 7.48. The Morgan fingerprint density at radius 2 is 1.81 bits per heavy atom. The van der Waals surface area contributed by atoms with Gasteiger partial charge in [0.25, 0.3) is 0 Å². The number of nitrogens with zero attached hydrogens (tertiary/aromatic N) is 2. The molecule has 0 atom stereocenters. The van der Waals surface area contributed by atoms with Crippen LogP contribution in [0.3, 0.4) is 0 Å². The van der Waals surface area contributed by atoms with E-state index in [4.69, 9.17) is 5.73 Å². The Hall–Kier alpha value is -1.28. The largest absolute Gasteiger partial charge is 0.573 e. The molecule has 1 aliphatic heterocycles. The van der Waals surface area contributed by atoms with Gasteiger partial charge in [-0.2, -0.15) is 0 Å². The van der Waals surface area contributed by atoms with Crippen molar-refractivity contribution in [3.05, 3.63) is 24.3 Å². The van der Waals surface area contributed by atoms with Gasteiger partial charge in [0.05, 0.1) is 18.1 Å². The summed E-state index contributed by atoms with van der Waals surface area (Å²) in [6.45, 7) is 1.92. The Labute approximate surface area is 166 Å². The molecule has 0 aliphatic carbocycles. The second kappa shape index (κ2) is 9.60. The van der Waals surface area contributed by atoms with Gasteiger partial charge in [0.2, 0.25) is 0 Å². The number of hydrogen-bond donors (Lipinski definition) is 2. The van der Waals surface area contributed by atoms with E-state index in [1.807, 2.05) is 4.90 Å². The molecule has 0 bridgehead atoms. The molecule has 0 spiro atoms. The number of sulfone groups is 1. The van der Waals surface area contributed by atoms with Crippen molar-refractivity contribution in [2.45, 2.75) is 6.36 Å². The summed E-state index contributed by atoms with van der Waals surface area (Å²) in [5.74, 6) is 0.0934. The van der Waals surface area contributed by atoms with Crippen molar-refractivity contribution in [1.82, 2.24) is 4.90 Å². The standard InChI is InChI=1S/C14H19F3N4O3S.HI/c15-14(16,17)24-12-3-1-11(2-4-12)20-13(18)19-5-6-21-7-9-25(22,23)10-8-21;/h1-4H,5-10H2,(H3,18,19,20);1H. The first-order chi connectivity index (χ1) is 11.6. The fourth-order valence-electron chi connectivity index (χ4n) is 2.21. The topological polar surface area (TPSA) is 97.0 Å². The first kappa shape index (κ1) is 22.8. The molecule has 1 aromatic rings. The zero-order valence-electron chi connectivity index (χ0n) is 13.7. The molecule has 0 unspecified atom stereocenters. The van der Waals surface area contributed by atoms with Gasteiger partial charge in [0.15, 0.2) is 15.8 Å². The molecule has 148 valence electrons. The Bertz CT molecular complexity index is 697. The van der Waals surface area contributed by atoms with Crippen molar-refractivity contribution in [1.29, 1.82) is 0 Å². The number of alkyl halides is 3. The van der Waals surface area contributed by atoms with Gasteiger partial charge < -0.3 is 15.8 Å². The lowest BCUT2D eigenvalue weighted by atomic mass is 10.3. The minimum Gasteiger partial charge on any atom is -0.406 e. The lowest BCUT2D eigenvalue weighted by molar-refractivity contribution is -0.274. The molecule has 0 radical (unpaired) electrons. The lowest BCUT2D eigenvalue weighted by Crippen LogP contribution is -2.41. The van der Waals surface area contributed by atoms with Crippen molar-refractivity contribution >= 4 is 45.5 Å². The SMILES string of the molecule is I.NC(=NCCN1CCS(=O)(=O)CC1)Nc1ccc(OC(F)(F)F)cc1. The molecule has 1 saturated heterocycles. The predicted molar refractivity (Wildman–Crippen MR) is 104 cm³/mol. The number of aliphatic imine (C=N–C) groups is 1. The van der Waals surface area contributed by atoms with Crippen LogP contribution in [0.1, 0.15) is 0 Å². The van der Waals surface area contributed by atoms with E-state index in [0.29, 0.717) is 31.9 Å². The molecule has 26 heavy (non-hydrogen) atoms. The number of nitrogens with one attached hydrogen (secondary N) is 1. The van der Waals surface area contributed by atoms with Gasteiger partial charge in [-0.1, -0.05) is 0 Å². The maximum Gasteiger partial charge on any atom is 0.573 e. The molecule has 2 rings (SSSR count). The molecule has 1 fully saturated rings. The average Bonchev–Trinajstić information content (AvgIpc) is 2.49. The minimum absolute atomic E-state index is 0. The van der Waals surface area contributed by atoms with Gasteiger partial charge in [-0.25, -0.2) is 8.42 Å². The Morgan fingerprint density at radius 1 is 1.23 bits per heavy atom. The second-order valence-electron chi connectivity index (χ2n) is 5.46. The van der Waals surface area contributed by atoms with Crippen LogP contribution in [-0.4, -0.2) is 63.3 Å². The summed E-state index contributed by atoms with van der Waals surface area (Å²) in [4.78, 5) is 6.10. The van der Waals surface area contributed by atoms with Gasteiger partial charge in [0, 0.05) is 25.3 Å². The quantitative estimate of drug-likeness (QED) is 0.357. The van der Waals surface area contributed by atoms with Crippen molar-refractivity contribution < 1.29 is 26.3 Å². The van der Waals surface area contributed by atoms with E-state index in [9.17, 15) is 21.6 Å². The zero-order chi connectivity index (χ0) is 18.5. The van der Waals surface area contributed by atoms with Crippen LogP contribution >= 0.6 is 24.0 Å². The Kier molecular flexibility index (Phi) is 8.40. The molecule has 7 nitrogen and oxygen atoms in total. The molecular formula is C14H20F3IN4O3S. The number of rotatable bonds is 5. The van der Waals surface area contributed by atoms with Crippen molar-refractivity contribution in [2.75, 3.05) is 43.0 Å². The predicted octanol–water partition coefficient (Wildman–Crippen LogP) is 1.66. The van der Waals surface area contributed by atoms with Gasteiger partial charge in [-0.3, -0.25) is 9.89 Å². The van der Waals surface area contributed by atoms with Crippen LogP contribution in [-0.2, 0) is 9.84 Å². The highest BCUT2D eigenvalue weighted by atomic mass is 127. The average molecular weight is 508 g/mol. The number of anilines is 1. The van der Waals surface area contributed by atoms with Crippen molar-refractivity contribution in [3.8, 4) is 5.75 Å². The number of halogens is 4. The first-order valence-corrected chi connectivity index (χ1v) is 9.31. The van der Waals surface area contributed by atoms with E-state index in [0.717, 1.165) is 12.1 Å². The third-order valence-corrected chi connectivity index (χ3v) is 5.10. The van der Waals surface area contributed by atoms with E-state index in [2.05, 4.69) is 15.0 Å². The van der Waals surface area contributed by atoms with Crippen LogP contribution in [0.25, 0.3) is 0 Å². The maximum absolute atomic E-state index is 12.1. The third-order valence-electron chi connectivity index (χ3n) is 3.50. The number of guanidine groups is 1. The summed E-state index contributed by atoms with van der Waals surface area (Å²) in [5.41, 5.74) is 6.19. The smallest absolute Gasteiger partial charge is 0.406 e. The summed E-state index contributed by atoms with van der Waals surface area (Å²) >= 11 is 0. The molecule has 1 heterocycles. The summed E-state index contributed by atoms with van der Waals surface area (Å²) in [6.07, 6.45) is -4.73. The summed E-state index contributed by atoms with van der Waals surface area (Å²) in [5, 5.41) is 2.76. The fourth-order valence-corrected chi connectivity index (χ4v) is 3.49. The minimum atomic E-state index is -4.73. The third kappa shape index (κ3) is 8.40. The molecule has 0 saturated carbocycles. The molecule has 1 aromatic carbocycles. The van der Waals surface area contributed by atoms with Gasteiger partial charge in [-0.15, -0.1) is 37.1 Å². The van der Waals surface area contributed by atoms with Crippen LogP contribution < -0.4 is 15.8 Å². The van der Waals surface area contributed by atoms with Gasteiger partial charge in [0.1, 0.15) is 5.75 Å². The van der Waals surface area contributed by atoms with Crippen LogP contribution in [0, 0.1) is 0 Å². The number of ether oxygens (including phenoxy) is 1. The summed E-state index contributed by atoms with van der Waals surface area (Å²) in [7, 11) is -2.91. The van der Waals surface area contributed by atoms with E-state index in [-0.39, 0.29) is 47.2 Å². The fraction of sp³-hybridized carbons (Fsp3) is 0.500. The maximum atomic E-state index is 12.1. The highest BCUT2D eigenvalue weighted by molar-refractivity contribution is 14.0. The molecule has 1 aliphatic rings. The molecule has 12 heteroatoms. The number of benzene rings is 1. The van der Waals surface area contributed by atoms with E-state index in [1.165, 1.54) is 12.1 Å². The molecule has 0 aromatic heterocycles. The number of nitrogens with two attached hydrogens (primary N) is 1. The Morgan fingerprint density at radius 3 is 2.35 bits per heavy atom. The molecular weight excluding hydrogens is 488 g/mol. The molecule has 0 amide bonds. The van der Waals surface area contributed by atoms with Crippen LogP contribution in [0.5, 0.6) is 5.75 Å². The van der Waals surface area contributed by atoms with E-state index < -0.39 is 16.2 Å². The van der Waals surface area contributed by atoms with Gasteiger partial charge in [-0.05, 0) is 24.3 Å². The highest BCUT2D eigenvalue weighted by Gasteiger charge is 2.30. The van der Waals surface area contributed by atoms with Crippen LogP contribution in [0.4, 0.5) is 18.9 Å². The monoisotopic (exact) mass is 508 g/mol. The lowest BCUT2D eigenvalue weighted by Gasteiger charge is -2.25.